The van der Waals surface area contributed by atoms with E-state index >= 15 is 0 Å². The van der Waals surface area contributed by atoms with Gasteiger partial charge < -0.3 is 21.3 Å². The summed E-state index contributed by atoms with van der Waals surface area (Å²) in [4.78, 5) is 146. The van der Waals surface area contributed by atoms with Gasteiger partial charge in [-0.3, -0.25) is 78.5 Å². The van der Waals surface area contributed by atoms with Crippen molar-refractivity contribution in [2.24, 2.45) is 0 Å². The van der Waals surface area contributed by atoms with Crippen LogP contribution in [0.1, 0.15) is 82.9 Å². The number of nitrogens with one attached hydrogen (secondary N) is 4. The van der Waals surface area contributed by atoms with Crippen LogP contribution in [0.15, 0.2) is 109 Å². The molecule has 3 aliphatic heterocycles. The molecule has 0 atom stereocenters. The largest absolute Gasteiger partial charge is 0.351 e. The first-order valence-electron chi connectivity index (χ1n) is 23.4. The van der Waals surface area contributed by atoms with Gasteiger partial charge in [0.05, 0.1) is 36.6 Å². The van der Waals surface area contributed by atoms with Crippen molar-refractivity contribution in [2.45, 2.75) is 0 Å². The summed E-state index contributed by atoms with van der Waals surface area (Å²) >= 11 is 0. The van der Waals surface area contributed by atoms with Gasteiger partial charge in [-0.25, -0.2) is 4.90 Å². The van der Waals surface area contributed by atoms with Crippen molar-refractivity contribution < 1.29 is 53.1 Å². The summed E-state index contributed by atoms with van der Waals surface area (Å²) < 4.78 is 0. The molecular formula is C52H38N10O14. The van der Waals surface area contributed by atoms with E-state index in [9.17, 15) is 68.7 Å². The van der Waals surface area contributed by atoms with Crippen molar-refractivity contribution in [2.75, 3.05) is 57.3 Å². The number of amides is 8. The Morgan fingerprint density at radius 1 is 0.408 bits per heavy atom. The third-order valence-electron chi connectivity index (χ3n) is 13.3. The molecule has 0 bridgehead atoms. The number of hydrogen-bond acceptors (Lipinski definition) is 16. The monoisotopic (exact) mass is 1030 g/mol. The molecule has 0 saturated heterocycles. The smallest absolute Gasteiger partial charge is 0.277 e. The molecule has 0 aliphatic carbocycles. The zero-order valence-electron chi connectivity index (χ0n) is 39.4. The van der Waals surface area contributed by atoms with Crippen molar-refractivity contribution in [1.29, 1.82) is 0 Å². The van der Waals surface area contributed by atoms with Crippen LogP contribution in [-0.4, -0.2) is 124 Å². The predicted octanol–water partition coefficient (Wildman–Crippen LogP) is 4.90. The molecule has 10 rings (SSSR count). The summed E-state index contributed by atoms with van der Waals surface area (Å²) in [7, 11) is 0. The summed E-state index contributed by atoms with van der Waals surface area (Å²) in [5.74, 6) is -5.73. The number of carbonyl (C=O) groups is 8. The molecule has 3 heterocycles. The summed E-state index contributed by atoms with van der Waals surface area (Å²) in [5, 5.41) is 47.5. The molecule has 0 saturated carbocycles. The lowest BCUT2D eigenvalue weighted by Crippen LogP contribution is -2.44. The third kappa shape index (κ3) is 8.43. The first kappa shape index (κ1) is 49.4. The molecule has 8 amide bonds. The van der Waals surface area contributed by atoms with Crippen molar-refractivity contribution in [3.8, 4) is 0 Å². The molecule has 7 aromatic carbocycles. The van der Waals surface area contributed by atoms with Gasteiger partial charge in [0.15, 0.2) is 0 Å². The van der Waals surface area contributed by atoms with Crippen LogP contribution in [0, 0.1) is 30.3 Å². The molecule has 0 spiro atoms. The highest BCUT2D eigenvalue weighted by Gasteiger charge is 2.38. The van der Waals surface area contributed by atoms with E-state index in [2.05, 4.69) is 21.3 Å². The number of benzene rings is 7. The molecule has 24 nitrogen and oxygen atoms in total. The van der Waals surface area contributed by atoms with Gasteiger partial charge in [0.2, 0.25) is 0 Å². The molecule has 380 valence electrons. The van der Waals surface area contributed by atoms with Crippen molar-refractivity contribution >= 4 is 102 Å². The highest BCUT2D eigenvalue weighted by molar-refractivity contribution is 6.36. The van der Waals surface area contributed by atoms with Crippen LogP contribution < -0.4 is 26.2 Å². The predicted molar refractivity (Wildman–Crippen MR) is 271 cm³/mol. The maximum atomic E-state index is 14.2. The number of rotatable bonds is 18. The molecular weight excluding hydrogens is 989 g/mol. The number of hydrogen-bond donors (Lipinski definition) is 4. The first-order chi connectivity index (χ1) is 36.6. The van der Waals surface area contributed by atoms with E-state index in [0.717, 1.165) is 20.8 Å². The number of imide groups is 3. The van der Waals surface area contributed by atoms with E-state index in [1.165, 1.54) is 103 Å². The number of nitrogens with zero attached hydrogens (tertiary/aromatic N) is 6. The van der Waals surface area contributed by atoms with E-state index in [0.29, 0.717) is 0 Å². The number of carbonyl (C=O) groups excluding carboxylic acids is 8. The quantitative estimate of drug-likeness (QED) is 0.0384. The lowest BCUT2D eigenvalue weighted by atomic mass is 9.92. The Hall–Kier alpha value is -10.2. The maximum absolute atomic E-state index is 14.2. The van der Waals surface area contributed by atoms with Crippen molar-refractivity contribution in [3.05, 3.63) is 184 Å². The Kier molecular flexibility index (Phi) is 12.8. The minimum atomic E-state index is -0.875. The van der Waals surface area contributed by atoms with Crippen LogP contribution in [0.25, 0.3) is 32.3 Å². The molecule has 7 aromatic rings. The summed E-state index contributed by atoms with van der Waals surface area (Å²) in [6.45, 7) is 0.178. The van der Waals surface area contributed by atoms with Crippen molar-refractivity contribution in [1.82, 2.24) is 31.1 Å². The number of non-ortho nitro benzene ring substituents is 3. The van der Waals surface area contributed by atoms with Crippen LogP contribution in [0.3, 0.4) is 0 Å². The first-order valence-corrected chi connectivity index (χ1v) is 23.4. The van der Waals surface area contributed by atoms with E-state index in [-0.39, 0.29) is 152 Å². The summed E-state index contributed by atoms with van der Waals surface area (Å²) in [6.07, 6.45) is 0. The van der Waals surface area contributed by atoms with Gasteiger partial charge in [-0.1, -0.05) is 18.2 Å². The van der Waals surface area contributed by atoms with E-state index in [4.69, 9.17) is 0 Å². The van der Waals surface area contributed by atoms with Gasteiger partial charge in [-0.2, -0.15) is 0 Å². The zero-order valence-corrected chi connectivity index (χ0v) is 39.4. The van der Waals surface area contributed by atoms with Gasteiger partial charge in [0.25, 0.3) is 64.3 Å². The van der Waals surface area contributed by atoms with E-state index in [1.54, 1.807) is 0 Å². The van der Waals surface area contributed by atoms with Crippen LogP contribution in [0.2, 0.25) is 0 Å². The highest BCUT2D eigenvalue weighted by atomic mass is 16.6. The Labute approximate surface area is 426 Å². The zero-order chi connectivity index (χ0) is 53.7. The highest BCUT2D eigenvalue weighted by Crippen LogP contribution is 2.39. The minimum Gasteiger partial charge on any atom is -0.351 e. The van der Waals surface area contributed by atoms with Crippen LogP contribution >= 0.6 is 0 Å². The van der Waals surface area contributed by atoms with Crippen molar-refractivity contribution in [3.63, 3.8) is 0 Å². The maximum Gasteiger partial charge on any atom is 0.277 e. The van der Waals surface area contributed by atoms with Gasteiger partial charge in [0.1, 0.15) is 0 Å². The SMILES string of the molecule is O=C(NCCNCCN1C(=O)c2cccc3c([N+](=O)[O-])ccc(c23)C1=O)c1cc(C(=O)NCCNCCN2C(=O)c3cccc4c([N+](=O)[O-])ccc(c34)C2=O)cc(N2C(=O)c3cccc4c([N+](=O)[O-])ccc(c34)C2=O)c1. The average Bonchev–Trinajstić information content (AvgIpc) is 3.45. The topological polar surface area (TPSA) is 324 Å². The molecule has 0 fully saturated rings. The lowest BCUT2D eigenvalue weighted by molar-refractivity contribution is -0.383. The standard InChI is InChI=1S/C52H38N10O14/c63-45(55-18-16-53-20-22-57-47(65)33-7-1-4-30-39(60(71)72)13-10-36(42(30)33)49(57)67)27-24-28(26-29(25-27)59-51(69)35-9-3-6-32-41(62(75)76)15-12-38(44(32)35)52(59)70)46(64)56-19-17-54-21-23-58-48(66)34-8-2-5-31-40(61(73)74)14-11-37(43(31)34)50(58)68/h1-15,24-26,53-54H,16-23H2,(H,55,63)(H,56,64). The Bertz CT molecular complexity index is 3580. The second kappa shape index (κ2) is 19.7. The van der Waals surface area contributed by atoms with Gasteiger partial charge in [-0.15, -0.1) is 0 Å². The normalized spacial score (nSPS) is 13.8. The Morgan fingerprint density at radius 3 is 1.09 bits per heavy atom. The van der Waals surface area contributed by atoms with E-state index < -0.39 is 62.0 Å². The van der Waals surface area contributed by atoms with Gasteiger partial charge in [0, 0.05) is 131 Å². The van der Waals surface area contributed by atoms with Crippen LogP contribution in [0.4, 0.5) is 22.7 Å². The second-order valence-electron chi connectivity index (χ2n) is 17.6. The Morgan fingerprint density at radius 2 is 0.737 bits per heavy atom. The van der Waals surface area contributed by atoms with Gasteiger partial charge >= 0.3 is 0 Å². The summed E-state index contributed by atoms with van der Waals surface area (Å²) in [5.41, 5.74) is -0.782. The fourth-order valence-corrected chi connectivity index (χ4v) is 9.83. The Balaban J connectivity index is 0.805. The molecule has 0 unspecified atom stereocenters. The fourth-order valence-electron chi connectivity index (χ4n) is 9.83. The third-order valence-corrected chi connectivity index (χ3v) is 13.3. The molecule has 0 aromatic heterocycles. The molecule has 76 heavy (non-hydrogen) atoms. The lowest BCUT2D eigenvalue weighted by Gasteiger charge is -2.28. The second-order valence-corrected chi connectivity index (χ2v) is 17.6. The van der Waals surface area contributed by atoms with Crippen LogP contribution in [0.5, 0.6) is 0 Å². The minimum absolute atomic E-state index is 0.0287. The number of nitro groups is 3. The molecule has 0 radical (unpaired) electrons. The number of nitro benzene ring substituents is 3. The van der Waals surface area contributed by atoms with Crippen LogP contribution in [-0.2, 0) is 0 Å². The van der Waals surface area contributed by atoms with E-state index in [1.807, 2.05) is 0 Å². The fraction of sp³-hybridized carbons (Fsp3) is 0.154. The molecule has 3 aliphatic rings. The average molecular weight is 1030 g/mol. The molecule has 24 heteroatoms. The summed E-state index contributed by atoms with van der Waals surface area (Å²) in [6, 6.07) is 24.3. The van der Waals surface area contributed by atoms with Gasteiger partial charge in [-0.05, 0) is 72.8 Å². The molecule has 4 N–H and O–H groups in total. The number of anilines is 1.